The molecule has 2 N–H and O–H groups in total. The number of aromatic nitrogens is 4. The molecule has 0 aliphatic rings. The fourth-order valence-electron chi connectivity index (χ4n) is 4.22. The third-order valence-corrected chi connectivity index (χ3v) is 5.60. The largest absolute Gasteiger partial charge is 0.496 e. The van der Waals surface area contributed by atoms with E-state index in [4.69, 9.17) is 10.5 Å². The van der Waals surface area contributed by atoms with Crippen molar-refractivity contribution in [3.63, 3.8) is 0 Å². The average molecular weight is 495 g/mol. The Hall–Kier alpha value is -4.46. The number of primary amides is 1. The number of amides is 1. The summed E-state index contributed by atoms with van der Waals surface area (Å²) in [6.07, 6.45) is 3.64. The first-order valence-corrected chi connectivity index (χ1v) is 11.0. The van der Waals surface area contributed by atoms with Crippen LogP contribution in [-0.2, 0) is 13.6 Å². The molecule has 0 aliphatic carbocycles. The van der Waals surface area contributed by atoms with Crippen LogP contribution in [0.25, 0.3) is 33.3 Å². The number of carbonyl (C=O) groups excluding carboxylic acids is 1. The van der Waals surface area contributed by atoms with Crippen LogP contribution in [-0.4, -0.2) is 39.2 Å². The summed E-state index contributed by atoms with van der Waals surface area (Å²) in [7, 11) is 2.95. The van der Waals surface area contributed by atoms with Gasteiger partial charge < -0.3 is 15.2 Å². The Balaban J connectivity index is 1.92. The summed E-state index contributed by atoms with van der Waals surface area (Å²) in [5.74, 6) is -1.04. The monoisotopic (exact) mass is 494 g/mol. The average Bonchev–Trinajstić information content (AvgIpc) is 3.40. The maximum atomic E-state index is 13.1. The third-order valence-electron chi connectivity index (χ3n) is 5.60. The van der Waals surface area contributed by atoms with Crippen molar-refractivity contribution < 1.29 is 23.0 Å². The minimum Gasteiger partial charge on any atom is -0.496 e. The number of alkyl halides is 2. The molecule has 2 heterocycles. The molecule has 0 unspecified atom stereocenters. The van der Waals surface area contributed by atoms with Gasteiger partial charge in [-0.25, -0.2) is 0 Å². The molecule has 2 aromatic heterocycles. The van der Waals surface area contributed by atoms with Crippen molar-refractivity contribution in [1.82, 2.24) is 19.6 Å². The lowest BCUT2D eigenvalue weighted by Crippen LogP contribution is -2.16. The maximum absolute atomic E-state index is 13.1. The SMILES string of the molecule is COc1cc(-c2c3c(C#N)cc(-c4cnn(CC(C)C)c4)cc3nn2C)cc(OC(F)F)c1C(N)=O. The van der Waals surface area contributed by atoms with Crippen LogP contribution in [0.15, 0.2) is 36.7 Å². The van der Waals surface area contributed by atoms with Gasteiger partial charge in [0.1, 0.15) is 17.1 Å². The van der Waals surface area contributed by atoms with Gasteiger partial charge in [0, 0.05) is 36.3 Å². The first kappa shape index (κ1) is 24.7. The molecule has 0 bridgehead atoms. The molecule has 0 saturated carbocycles. The maximum Gasteiger partial charge on any atom is 0.387 e. The lowest BCUT2D eigenvalue weighted by Gasteiger charge is -2.15. The molecule has 0 fully saturated rings. The van der Waals surface area contributed by atoms with Crippen molar-refractivity contribution in [1.29, 1.82) is 5.26 Å². The highest BCUT2D eigenvalue weighted by Crippen LogP contribution is 2.40. The minimum atomic E-state index is -3.19. The highest BCUT2D eigenvalue weighted by Gasteiger charge is 2.24. The lowest BCUT2D eigenvalue weighted by molar-refractivity contribution is -0.0502. The van der Waals surface area contributed by atoms with Gasteiger partial charge in [0.2, 0.25) is 0 Å². The third kappa shape index (κ3) is 4.57. The van der Waals surface area contributed by atoms with Crippen LogP contribution in [0.1, 0.15) is 29.8 Å². The molecule has 0 aliphatic heterocycles. The van der Waals surface area contributed by atoms with Crippen LogP contribution in [0, 0.1) is 17.2 Å². The highest BCUT2D eigenvalue weighted by molar-refractivity contribution is 6.03. The zero-order valence-corrected chi connectivity index (χ0v) is 20.1. The number of fused-ring (bicyclic) bond motifs is 1. The highest BCUT2D eigenvalue weighted by atomic mass is 19.3. The number of halogens is 2. The normalized spacial score (nSPS) is 11.3. The summed E-state index contributed by atoms with van der Waals surface area (Å²) in [6, 6.07) is 8.51. The van der Waals surface area contributed by atoms with Crippen molar-refractivity contribution >= 4 is 16.8 Å². The fourth-order valence-corrected chi connectivity index (χ4v) is 4.22. The summed E-state index contributed by atoms with van der Waals surface area (Å²) >= 11 is 0. The summed E-state index contributed by atoms with van der Waals surface area (Å²) in [5, 5.41) is 19.4. The van der Waals surface area contributed by atoms with Crippen molar-refractivity contribution in [2.45, 2.75) is 27.0 Å². The lowest BCUT2D eigenvalue weighted by atomic mass is 9.97. The number of ether oxygens (including phenoxy) is 2. The molecule has 1 amide bonds. The minimum absolute atomic E-state index is 0.0438. The van der Waals surface area contributed by atoms with Gasteiger partial charge >= 0.3 is 6.61 Å². The predicted octanol–water partition coefficient (Wildman–Crippen LogP) is 4.34. The predicted molar refractivity (Wildman–Crippen MR) is 129 cm³/mol. The first-order chi connectivity index (χ1) is 17.1. The molecule has 0 saturated heterocycles. The van der Waals surface area contributed by atoms with Crippen molar-refractivity contribution in [2.75, 3.05) is 7.11 Å². The van der Waals surface area contributed by atoms with Gasteiger partial charge in [-0.3, -0.25) is 14.2 Å². The van der Waals surface area contributed by atoms with Crippen molar-refractivity contribution in [2.24, 2.45) is 18.7 Å². The Labute approximate surface area is 205 Å². The number of aryl methyl sites for hydroxylation is 1. The van der Waals surface area contributed by atoms with Gasteiger partial charge in [-0.1, -0.05) is 13.8 Å². The molecule has 4 aromatic rings. The number of nitrogens with two attached hydrogens (primary N) is 1. The summed E-state index contributed by atoms with van der Waals surface area (Å²) in [4.78, 5) is 11.9. The van der Waals surface area contributed by atoms with Crippen LogP contribution < -0.4 is 15.2 Å². The van der Waals surface area contributed by atoms with Crippen LogP contribution in [0.2, 0.25) is 0 Å². The summed E-state index contributed by atoms with van der Waals surface area (Å²) in [5.41, 5.74) is 8.34. The molecule has 9 nitrogen and oxygen atoms in total. The van der Waals surface area contributed by atoms with Gasteiger partial charge in [0.05, 0.1) is 36.1 Å². The zero-order valence-electron chi connectivity index (χ0n) is 20.1. The molecular weight excluding hydrogens is 470 g/mol. The number of rotatable bonds is 8. The van der Waals surface area contributed by atoms with E-state index in [0.717, 1.165) is 17.7 Å². The van der Waals surface area contributed by atoms with Gasteiger partial charge in [0.25, 0.3) is 5.91 Å². The van der Waals surface area contributed by atoms with E-state index in [1.165, 1.54) is 23.9 Å². The molecule has 0 atom stereocenters. The van der Waals surface area contributed by atoms with E-state index >= 15 is 0 Å². The second-order valence-electron chi connectivity index (χ2n) is 8.64. The summed E-state index contributed by atoms with van der Waals surface area (Å²) < 4.78 is 39.5. The standard InChI is InChI=1S/C25H24F2N6O3/c1-13(2)11-33-12-17(10-30-33)14-5-16(9-28)21-18(6-14)31-32(3)23(21)15-7-19(35-4)22(24(29)34)20(8-15)36-25(26)27/h5-8,10,12-13,25H,11H2,1-4H3,(H2,29,34). The fraction of sp³-hybridized carbons (Fsp3) is 0.280. The van der Waals surface area contributed by atoms with Gasteiger partial charge in [-0.2, -0.15) is 24.2 Å². The molecule has 186 valence electrons. The quantitative estimate of drug-likeness (QED) is 0.389. The van der Waals surface area contributed by atoms with Crippen molar-refractivity contribution in [3.8, 4) is 40.0 Å². The topological polar surface area (TPSA) is 121 Å². The number of nitriles is 1. The van der Waals surface area contributed by atoms with E-state index in [1.807, 2.05) is 16.9 Å². The molecule has 0 spiro atoms. The Morgan fingerprint density at radius 2 is 1.89 bits per heavy atom. The Bertz CT molecular complexity index is 1500. The van der Waals surface area contributed by atoms with E-state index in [-0.39, 0.29) is 11.3 Å². The molecule has 0 radical (unpaired) electrons. The second-order valence-corrected chi connectivity index (χ2v) is 8.64. The number of nitrogens with zero attached hydrogens (tertiary/aromatic N) is 5. The summed E-state index contributed by atoms with van der Waals surface area (Å²) in [6.45, 7) is 1.76. The Morgan fingerprint density at radius 1 is 1.17 bits per heavy atom. The number of hydrogen-bond donors (Lipinski definition) is 1. The molecule has 4 rings (SSSR count). The van der Waals surface area contributed by atoms with Crippen molar-refractivity contribution in [3.05, 3.63) is 47.8 Å². The first-order valence-electron chi connectivity index (χ1n) is 11.0. The number of hydrogen-bond acceptors (Lipinski definition) is 6. The Kier molecular flexibility index (Phi) is 6.61. The van der Waals surface area contributed by atoms with Crippen LogP contribution in [0.4, 0.5) is 8.78 Å². The Morgan fingerprint density at radius 3 is 2.50 bits per heavy atom. The molecule has 11 heteroatoms. The van der Waals surface area contributed by atoms with E-state index < -0.39 is 18.3 Å². The van der Waals surface area contributed by atoms with Gasteiger partial charge in [0.15, 0.2) is 0 Å². The van der Waals surface area contributed by atoms with Crippen LogP contribution in [0.3, 0.4) is 0 Å². The zero-order chi connectivity index (χ0) is 26.1. The van der Waals surface area contributed by atoms with E-state index in [9.17, 15) is 18.8 Å². The van der Waals surface area contributed by atoms with Crippen LogP contribution >= 0.6 is 0 Å². The molecule has 36 heavy (non-hydrogen) atoms. The van der Waals surface area contributed by atoms with E-state index in [0.29, 0.717) is 33.6 Å². The van der Waals surface area contributed by atoms with Gasteiger partial charge in [-0.15, -0.1) is 0 Å². The number of methoxy groups -OCH3 is 1. The van der Waals surface area contributed by atoms with Gasteiger partial charge in [-0.05, 0) is 35.7 Å². The number of carbonyl (C=O) groups is 1. The van der Waals surface area contributed by atoms with E-state index in [1.54, 1.807) is 19.3 Å². The smallest absolute Gasteiger partial charge is 0.387 e. The number of benzene rings is 2. The molecular formula is C25H24F2N6O3. The second kappa shape index (κ2) is 9.65. The van der Waals surface area contributed by atoms with E-state index in [2.05, 4.69) is 34.9 Å². The van der Waals surface area contributed by atoms with Crippen LogP contribution in [0.5, 0.6) is 11.5 Å². The molecule has 2 aromatic carbocycles.